The number of urea groups is 1. The van der Waals surface area contributed by atoms with Gasteiger partial charge in [-0.15, -0.1) is 0 Å². The number of nitrogens with one attached hydrogen (secondary N) is 1. The van der Waals surface area contributed by atoms with Crippen LogP contribution in [0.4, 0.5) is 16.2 Å². The van der Waals surface area contributed by atoms with Crippen LogP contribution >= 0.6 is 0 Å². The van der Waals surface area contributed by atoms with Crippen LogP contribution < -0.4 is 24.6 Å². The molecule has 0 radical (unpaired) electrons. The number of imide groups is 2. The van der Waals surface area contributed by atoms with Gasteiger partial charge in [0.15, 0.2) is 11.5 Å². The molecule has 3 heterocycles. The fourth-order valence-electron chi connectivity index (χ4n) is 7.18. The maximum absolute atomic E-state index is 14.2. The highest BCUT2D eigenvalue weighted by Gasteiger charge is 2.40. The molecule has 1 fully saturated rings. The molecule has 0 saturated carbocycles. The highest BCUT2D eigenvalue weighted by atomic mass is 16.5. The van der Waals surface area contributed by atoms with Crippen LogP contribution in [0.15, 0.2) is 96.6 Å². The molecule has 47 heavy (non-hydrogen) atoms. The molecule has 4 aromatic rings. The lowest BCUT2D eigenvalue weighted by Gasteiger charge is -2.44. The van der Waals surface area contributed by atoms with Gasteiger partial charge in [0.2, 0.25) is 0 Å². The highest BCUT2D eigenvalue weighted by Crippen LogP contribution is 2.50. The number of hydrogen-bond acceptors (Lipinski definition) is 6. The molecular formula is C39H37N3O5. The second-order valence-electron chi connectivity index (χ2n) is 12.0. The number of rotatable bonds is 8. The normalized spacial score (nSPS) is 19.8. The van der Waals surface area contributed by atoms with Gasteiger partial charge < -0.3 is 14.4 Å². The third-order valence-electron chi connectivity index (χ3n) is 9.24. The number of barbiturate groups is 1. The average Bonchev–Trinajstić information content (AvgIpc) is 3.09. The Morgan fingerprint density at radius 1 is 0.745 bits per heavy atom. The lowest BCUT2D eigenvalue weighted by Crippen LogP contribution is -2.54. The standard InChI is InChI=1S/C39H37N3O5/c1-3-46-34-16-15-25(22-35(34)47-4-2)21-33-37(43)40-39(45)42(38(33)44)28-23-31-29(26-11-7-5-8-12-26)17-19-41-20-18-30(32(24-28)36(31)41)27-13-9-6-10-14-27/h5-16,21-24,29-30H,3-4,17-20H2,1-2H3,(H,40,43,45)/b33-21+/t29-,30+. The van der Waals surface area contributed by atoms with E-state index in [1.54, 1.807) is 18.2 Å². The van der Waals surface area contributed by atoms with E-state index in [4.69, 9.17) is 9.47 Å². The van der Waals surface area contributed by atoms with Crippen LogP contribution in [0.1, 0.15) is 66.3 Å². The first-order valence-electron chi connectivity index (χ1n) is 16.3. The SMILES string of the molecule is CCOc1ccc(/C=C2\C(=O)NC(=O)N(c3cc4c5c(c3)[C@H](c3ccccc3)CCN5CC[C@@H]4c3ccccc3)C2=O)cc1OCC. The Morgan fingerprint density at radius 3 is 1.89 bits per heavy atom. The summed E-state index contributed by atoms with van der Waals surface area (Å²) in [5.41, 5.74) is 6.64. The number of amides is 4. The van der Waals surface area contributed by atoms with Crippen molar-refractivity contribution in [3.63, 3.8) is 0 Å². The van der Waals surface area contributed by atoms with Gasteiger partial charge in [-0.05, 0) is 84.8 Å². The smallest absolute Gasteiger partial charge is 0.335 e. The summed E-state index contributed by atoms with van der Waals surface area (Å²) in [7, 11) is 0. The van der Waals surface area contributed by atoms with Gasteiger partial charge in [0.25, 0.3) is 11.8 Å². The molecule has 0 aliphatic carbocycles. The first-order valence-corrected chi connectivity index (χ1v) is 16.3. The van der Waals surface area contributed by atoms with E-state index in [2.05, 4.69) is 34.5 Å². The van der Waals surface area contributed by atoms with Gasteiger partial charge in [0.05, 0.1) is 18.9 Å². The molecule has 8 heteroatoms. The van der Waals surface area contributed by atoms with E-state index >= 15 is 0 Å². The molecule has 1 N–H and O–H groups in total. The molecule has 0 bridgehead atoms. The van der Waals surface area contributed by atoms with Crippen molar-refractivity contribution in [2.24, 2.45) is 0 Å². The minimum atomic E-state index is -0.762. The third-order valence-corrected chi connectivity index (χ3v) is 9.24. The number of benzene rings is 4. The topological polar surface area (TPSA) is 88.2 Å². The summed E-state index contributed by atoms with van der Waals surface area (Å²) in [6.07, 6.45) is 3.33. The van der Waals surface area contributed by atoms with Crippen LogP contribution in [0.3, 0.4) is 0 Å². The summed E-state index contributed by atoms with van der Waals surface area (Å²) < 4.78 is 11.4. The van der Waals surface area contributed by atoms with E-state index in [1.807, 2.05) is 62.4 Å². The van der Waals surface area contributed by atoms with Crippen LogP contribution in [0.25, 0.3) is 6.08 Å². The van der Waals surface area contributed by atoms with E-state index in [0.29, 0.717) is 36.0 Å². The summed E-state index contributed by atoms with van der Waals surface area (Å²) in [5.74, 6) is -0.137. The Bertz CT molecular complexity index is 1800. The van der Waals surface area contributed by atoms with Crippen LogP contribution in [-0.2, 0) is 9.59 Å². The predicted molar refractivity (Wildman–Crippen MR) is 182 cm³/mol. The summed E-state index contributed by atoms with van der Waals surface area (Å²) in [5, 5.41) is 2.42. The average molecular weight is 628 g/mol. The summed E-state index contributed by atoms with van der Waals surface area (Å²) in [4.78, 5) is 44.4. The van der Waals surface area contributed by atoms with Gasteiger partial charge in [-0.2, -0.15) is 0 Å². The number of nitrogens with zero attached hydrogens (tertiary/aromatic N) is 2. The molecule has 0 spiro atoms. The molecular weight excluding hydrogens is 590 g/mol. The Kier molecular flexibility index (Phi) is 8.24. The van der Waals surface area contributed by atoms with Crippen molar-refractivity contribution in [2.75, 3.05) is 36.1 Å². The zero-order valence-corrected chi connectivity index (χ0v) is 26.6. The number of hydrogen-bond donors (Lipinski definition) is 1. The fraction of sp³-hybridized carbons (Fsp3) is 0.256. The summed E-state index contributed by atoms with van der Waals surface area (Å²) in [6.45, 7) is 6.51. The Labute approximate surface area is 274 Å². The molecule has 1 saturated heterocycles. The zero-order valence-electron chi connectivity index (χ0n) is 26.6. The van der Waals surface area contributed by atoms with Crippen molar-refractivity contribution in [3.8, 4) is 11.5 Å². The molecule has 238 valence electrons. The minimum Gasteiger partial charge on any atom is -0.490 e. The van der Waals surface area contributed by atoms with Crippen molar-refractivity contribution in [2.45, 2.75) is 38.5 Å². The molecule has 7 rings (SSSR count). The molecule has 0 unspecified atom stereocenters. The van der Waals surface area contributed by atoms with Crippen LogP contribution in [0.2, 0.25) is 0 Å². The second-order valence-corrected chi connectivity index (χ2v) is 12.0. The van der Waals surface area contributed by atoms with Gasteiger partial charge in [0, 0.05) is 30.6 Å². The Morgan fingerprint density at radius 2 is 1.32 bits per heavy atom. The number of carbonyl (C=O) groups excluding carboxylic acids is 3. The maximum atomic E-state index is 14.2. The zero-order chi connectivity index (χ0) is 32.5. The molecule has 0 aromatic heterocycles. The van der Waals surface area contributed by atoms with E-state index in [9.17, 15) is 14.4 Å². The van der Waals surface area contributed by atoms with E-state index in [1.165, 1.54) is 22.9 Å². The first-order chi connectivity index (χ1) is 23.0. The first kappa shape index (κ1) is 30.3. The van der Waals surface area contributed by atoms with Crippen LogP contribution in [-0.4, -0.2) is 44.1 Å². The number of ether oxygens (including phenoxy) is 2. The van der Waals surface area contributed by atoms with E-state index in [-0.39, 0.29) is 17.4 Å². The van der Waals surface area contributed by atoms with E-state index in [0.717, 1.165) is 42.0 Å². The molecule has 4 aromatic carbocycles. The molecule has 3 aliphatic heterocycles. The lowest BCUT2D eigenvalue weighted by molar-refractivity contribution is -0.122. The third kappa shape index (κ3) is 5.65. The Hall–Kier alpha value is -5.37. The van der Waals surface area contributed by atoms with Gasteiger partial charge in [0.1, 0.15) is 5.57 Å². The predicted octanol–water partition coefficient (Wildman–Crippen LogP) is 7.03. The quantitative estimate of drug-likeness (QED) is 0.167. The lowest BCUT2D eigenvalue weighted by atomic mass is 9.76. The van der Waals surface area contributed by atoms with Crippen LogP contribution in [0, 0.1) is 0 Å². The summed E-state index contributed by atoms with van der Waals surface area (Å²) >= 11 is 0. The Balaban J connectivity index is 1.35. The molecule has 3 aliphatic rings. The van der Waals surface area contributed by atoms with E-state index < -0.39 is 17.8 Å². The van der Waals surface area contributed by atoms with Crippen molar-refractivity contribution >= 4 is 35.3 Å². The largest absolute Gasteiger partial charge is 0.490 e. The van der Waals surface area contributed by atoms with Crippen molar-refractivity contribution in [1.82, 2.24) is 5.32 Å². The van der Waals surface area contributed by atoms with Gasteiger partial charge in [-0.25, -0.2) is 9.69 Å². The fourth-order valence-corrected chi connectivity index (χ4v) is 7.18. The monoisotopic (exact) mass is 627 g/mol. The van der Waals surface area contributed by atoms with Gasteiger partial charge in [-0.1, -0.05) is 66.7 Å². The second kappa shape index (κ2) is 12.8. The van der Waals surface area contributed by atoms with Crippen LogP contribution in [0.5, 0.6) is 11.5 Å². The maximum Gasteiger partial charge on any atom is 0.335 e. The van der Waals surface area contributed by atoms with Crippen molar-refractivity contribution < 1.29 is 23.9 Å². The number of carbonyl (C=O) groups is 3. The van der Waals surface area contributed by atoms with Crippen molar-refractivity contribution in [3.05, 3.63) is 124 Å². The van der Waals surface area contributed by atoms with Gasteiger partial charge >= 0.3 is 6.03 Å². The highest BCUT2D eigenvalue weighted by molar-refractivity contribution is 6.39. The molecule has 2 atom stereocenters. The number of anilines is 2. The summed E-state index contributed by atoms with van der Waals surface area (Å²) in [6, 6.07) is 29.2. The molecule has 8 nitrogen and oxygen atoms in total. The van der Waals surface area contributed by atoms with Crippen molar-refractivity contribution in [1.29, 1.82) is 0 Å². The minimum absolute atomic E-state index is 0.0936. The van der Waals surface area contributed by atoms with Gasteiger partial charge in [-0.3, -0.25) is 14.9 Å². The molecule has 4 amide bonds.